The van der Waals surface area contributed by atoms with Gasteiger partial charge in [-0.15, -0.1) is 0 Å². The molecule has 10 heteroatoms. The van der Waals surface area contributed by atoms with Gasteiger partial charge in [0.1, 0.15) is 18.2 Å². The SMILES string of the molecule is CCCCNC(=O)C(OC(=O)[C@H](CC(C)C)NC(=O)OCc1ccccc1)[C@H](CC)NC(=O)OC(C)(C)C. The van der Waals surface area contributed by atoms with Crippen molar-refractivity contribution in [3.8, 4) is 0 Å². The maximum Gasteiger partial charge on any atom is 0.408 e. The number of carbonyl (C=O) groups excluding carboxylic acids is 4. The van der Waals surface area contributed by atoms with Crippen molar-refractivity contribution in [3.63, 3.8) is 0 Å². The van der Waals surface area contributed by atoms with Crippen molar-refractivity contribution in [2.75, 3.05) is 6.54 Å². The molecule has 0 bridgehead atoms. The molecule has 38 heavy (non-hydrogen) atoms. The van der Waals surface area contributed by atoms with E-state index in [4.69, 9.17) is 14.2 Å². The second kappa shape index (κ2) is 16.5. The summed E-state index contributed by atoms with van der Waals surface area (Å²) in [6.07, 6.45) is -0.669. The number of benzene rings is 1. The fourth-order valence-electron chi connectivity index (χ4n) is 3.46. The molecule has 0 aromatic heterocycles. The number of hydrogen-bond donors (Lipinski definition) is 3. The van der Waals surface area contributed by atoms with Crippen LogP contribution in [0.25, 0.3) is 0 Å². The lowest BCUT2D eigenvalue weighted by Crippen LogP contribution is -2.55. The van der Waals surface area contributed by atoms with Crippen LogP contribution in [0.2, 0.25) is 0 Å². The molecule has 0 saturated heterocycles. The van der Waals surface area contributed by atoms with Gasteiger partial charge in [-0.25, -0.2) is 14.4 Å². The van der Waals surface area contributed by atoms with Gasteiger partial charge in [-0.2, -0.15) is 0 Å². The summed E-state index contributed by atoms with van der Waals surface area (Å²) in [6.45, 7) is 13.1. The molecule has 0 heterocycles. The third-order valence-electron chi connectivity index (χ3n) is 5.33. The molecule has 3 atom stereocenters. The Balaban J connectivity index is 3.01. The molecule has 1 aromatic rings. The monoisotopic (exact) mass is 535 g/mol. The highest BCUT2D eigenvalue weighted by Crippen LogP contribution is 2.14. The highest BCUT2D eigenvalue weighted by molar-refractivity contribution is 5.87. The van der Waals surface area contributed by atoms with Crippen molar-refractivity contribution in [2.45, 2.75) is 105 Å². The molecule has 0 fully saturated rings. The van der Waals surface area contributed by atoms with Gasteiger partial charge >= 0.3 is 18.2 Å². The van der Waals surface area contributed by atoms with Crippen molar-refractivity contribution in [1.82, 2.24) is 16.0 Å². The van der Waals surface area contributed by atoms with Crippen molar-refractivity contribution in [3.05, 3.63) is 35.9 Å². The number of alkyl carbamates (subject to hydrolysis) is 2. The smallest absolute Gasteiger partial charge is 0.408 e. The van der Waals surface area contributed by atoms with E-state index in [0.29, 0.717) is 13.0 Å². The summed E-state index contributed by atoms with van der Waals surface area (Å²) in [7, 11) is 0. The Hall–Kier alpha value is -3.30. The van der Waals surface area contributed by atoms with Gasteiger partial charge in [-0.1, -0.05) is 64.4 Å². The first-order chi connectivity index (χ1) is 17.9. The second-order valence-corrected chi connectivity index (χ2v) is 10.6. The molecular weight excluding hydrogens is 490 g/mol. The van der Waals surface area contributed by atoms with E-state index in [0.717, 1.165) is 18.4 Å². The summed E-state index contributed by atoms with van der Waals surface area (Å²) in [4.78, 5) is 51.2. The number of carbonyl (C=O) groups is 4. The summed E-state index contributed by atoms with van der Waals surface area (Å²) in [6, 6.07) is 7.25. The van der Waals surface area contributed by atoms with Crippen LogP contribution in [0, 0.1) is 5.92 Å². The van der Waals surface area contributed by atoms with E-state index in [1.807, 2.05) is 51.1 Å². The van der Waals surface area contributed by atoms with Crippen molar-refractivity contribution in [1.29, 1.82) is 0 Å². The zero-order chi connectivity index (χ0) is 28.7. The summed E-state index contributed by atoms with van der Waals surface area (Å²) in [5.74, 6) is -1.30. The zero-order valence-corrected chi connectivity index (χ0v) is 23.8. The topological polar surface area (TPSA) is 132 Å². The van der Waals surface area contributed by atoms with Gasteiger partial charge in [-0.3, -0.25) is 4.79 Å². The third-order valence-corrected chi connectivity index (χ3v) is 5.33. The zero-order valence-electron chi connectivity index (χ0n) is 23.8. The Morgan fingerprint density at radius 2 is 1.61 bits per heavy atom. The van der Waals surface area contributed by atoms with E-state index in [1.54, 1.807) is 27.7 Å². The number of esters is 1. The molecular formula is C28H45N3O7. The molecule has 1 aromatic carbocycles. The maximum atomic E-state index is 13.3. The van der Waals surface area contributed by atoms with E-state index in [2.05, 4.69) is 16.0 Å². The number of nitrogens with one attached hydrogen (secondary N) is 3. The van der Waals surface area contributed by atoms with Crippen LogP contribution in [0.3, 0.4) is 0 Å². The van der Waals surface area contributed by atoms with Crippen LogP contribution in [0.5, 0.6) is 0 Å². The average Bonchev–Trinajstić information content (AvgIpc) is 2.83. The minimum atomic E-state index is -1.33. The largest absolute Gasteiger partial charge is 0.448 e. The van der Waals surface area contributed by atoms with Crippen LogP contribution < -0.4 is 16.0 Å². The first kappa shape index (κ1) is 32.7. The quantitative estimate of drug-likeness (QED) is 0.182. The molecule has 0 saturated carbocycles. The fourth-order valence-corrected chi connectivity index (χ4v) is 3.46. The standard InChI is InChI=1S/C28H45N3O7/c1-8-10-16-29-24(32)23(21(9-2)30-27(35)38-28(5,6)7)37-25(33)22(17-19(3)4)31-26(34)36-18-20-14-12-11-13-15-20/h11-15,19,21-23H,8-10,16-18H2,1-7H3,(H,29,32)(H,30,35)(H,31,34)/t21-,22-,23?/m0/s1. The predicted octanol–water partition coefficient (Wildman–Crippen LogP) is 4.46. The molecule has 1 rings (SSSR count). The summed E-state index contributed by atoms with van der Waals surface area (Å²) >= 11 is 0. The van der Waals surface area contributed by atoms with Gasteiger partial charge in [0, 0.05) is 6.54 Å². The first-order valence-corrected chi connectivity index (χ1v) is 13.3. The normalized spacial score (nSPS) is 13.6. The van der Waals surface area contributed by atoms with Crippen LogP contribution in [0.1, 0.15) is 79.7 Å². The number of hydrogen-bond acceptors (Lipinski definition) is 7. The van der Waals surface area contributed by atoms with E-state index < -0.39 is 47.9 Å². The van der Waals surface area contributed by atoms with Gasteiger partial charge in [0.25, 0.3) is 5.91 Å². The molecule has 0 aliphatic carbocycles. The van der Waals surface area contributed by atoms with E-state index in [1.165, 1.54) is 0 Å². The van der Waals surface area contributed by atoms with Crippen LogP contribution in [-0.2, 0) is 30.4 Å². The van der Waals surface area contributed by atoms with Gasteiger partial charge in [0.05, 0.1) is 6.04 Å². The number of unbranched alkanes of at least 4 members (excludes halogenated alkanes) is 1. The molecule has 3 amide bonds. The Labute approximate surface area is 226 Å². The highest BCUT2D eigenvalue weighted by atomic mass is 16.6. The molecule has 10 nitrogen and oxygen atoms in total. The summed E-state index contributed by atoms with van der Waals surface area (Å²) in [5, 5.41) is 7.98. The second-order valence-electron chi connectivity index (χ2n) is 10.6. The molecule has 214 valence electrons. The highest BCUT2D eigenvalue weighted by Gasteiger charge is 2.36. The first-order valence-electron chi connectivity index (χ1n) is 13.3. The van der Waals surface area contributed by atoms with Crippen molar-refractivity contribution >= 4 is 24.1 Å². The number of ether oxygens (including phenoxy) is 3. The lowest BCUT2D eigenvalue weighted by molar-refractivity contribution is -0.160. The summed E-state index contributed by atoms with van der Waals surface area (Å²) in [5.41, 5.74) is 0.0538. The van der Waals surface area contributed by atoms with E-state index >= 15 is 0 Å². The summed E-state index contributed by atoms with van der Waals surface area (Å²) < 4.78 is 16.3. The Morgan fingerprint density at radius 3 is 2.16 bits per heavy atom. The van der Waals surface area contributed by atoms with Crippen LogP contribution in [0.4, 0.5) is 9.59 Å². The minimum Gasteiger partial charge on any atom is -0.448 e. The molecule has 0 radical (unpaired) electrons. The average molecular weight is 536 g/mol. The molecule has 3 N–H and O–H groups in total. The Morgan fingerprint density at radius 1 is 0.947 bits per heavy atom. The van der Waals surface area contributed by atoms with Gasteiger partial charge < -0.3 is 30.2 Å². The lowest BCUT2D eigenvalue weighted by Gasteiger charge is -2.29. The predicted molar refractivity (Wildman–Crippen MR) is 144 cm³/mol. The van der Waals surface area contributed by atoms with Crippen LogP contribution in [-0.4, -0.2) is 54.4 Å². The molecule has 1 unspecified atom stereocenters. The number of amides is 3. The van der Waals surface area contributed by atoms with E-state index in [9.17, 15) is 19.2 Å². The minimum absolute atomic E-state index is 0.0284. The van der Waals surface area contributed by atoms with Gasteiger partial charge in [0.15, 0.2) is 6.10 Å². The van der Waals surface area contributed by atoms with E-state index in [-0.39, 0.29) is 18.9 Å². The van der Waals surface area contributed by atoms with Crippen molar-refractivity contribution < 1.29 is 33.4 Å². The lowest BCUT2D eigenvalue weighted by atomic mass is 10.0. The molecule has 0 aliphatic heterocycles. The fraction of sp³-hybridized carbons (Fsp3) is 0.643. The Bertz CT molecular complexity index is 884. The Kier molecular flexibility index (Phi) is 14.2. The van der Waals surface area contributed by atoms with Crippen LogP contribution >= 0.6 is 0 Å². The van der Waals surface area contributed by atoms with Gasteiger partial charge in [-0.05, 0) is 51.5 Å². The molecule has 0 spiro atoms. The van der Waals surface area contributed by atoms with Crippen molar-refractivity contribution in [2.24, 2.45) is 5.92 Å². The third kappa shape index (κ3) is 13.3. The number of rotatable bonds is 14. The van der Waals surface area contributed by atoms with Crippen LogP contribution in [0.15, 0.2) is 30.3 Å². The van der Waals surface area contributed by atoms with Gasteiger partial charge in [0.2, 0.25) is 0 Å². The molecule has 0 aliphatic rings. The maximum absolute atomic E-state index is 13.3.